The minimum absolute atomic E-state index is 0.00855. The number of para-hydroxylation sites is 1. The number of halogens is 1. The number of benzene rings is 2. The summed E-state index contributed by atoms with van der Waals surface area (Å²) in [4.78, 5) is 23.6. The number of hydrogen-bond donors (Lipinski definition) is 3. The summed E-state index contributed by atoms with van der Waals surface area (Å²) in [7, 11) is 1.54. The second-order valence-electron chi connectivity index (χ2n) is 4.53. The Morgan fingerprint density at radius 1 is 1.05 bits per heavy atom. The topological polar surface area (TPSA) is 70.2 Å². The summed E-state index contributed by atoms with van der Waals surface area (Å²) < 4.78 is 12.8. The van der Waals surface area contributed by atoms with Crippen LogP contribution in [0.3, 0.4) is 0 Å². The molecule has 0 unspecified atom stereocenters. The lowest BCUT2D eigenvalue weighted by Crippen LogP contribution is -2.24. The lowest BCUT2D eigenvalue weighted by Gasteiger charge is -2.11. The second kappa shape index (κ2) is 7.21. The summed E-state index contributed by atoms with van der Waals surface area (Å²) in [5, 5.41) is 8.09. The summed E-state index contributed by atoms with van der Waals surface area (Å²) in [6.07, 6.45) is 0. The second-order valence-corrected chi connectivity index (χ2v) is 4.53. The van der Waals surface area contributed by atoms with Crippen LogP contribution < -0.4 is 16.0 Å². The zero-order valence-electron chi connectivity index (χ0n) is 12.0. The largest absolute Gasteiger partial charge is 0.376 e. The molecule has 2 rings (SSSR count). The normalized spacial score (nSPS) is 9.91. The summed E-state index contributed by atoms with van der Waals surface area (Å²) >= 11 is 0. The molecular weight excluding hydrogens is 285 g/mol. The van der Waals surface area contributed by atoms with Gasteiger partial charge in [0.05, 0.1) is 12.1 Å². The first kappa shape index (κ1) is 15.5. The molecule has 0 aromatic heterocycles. The molecule has 5 nitrogen and oxygen atoms in total. The highest BCUT2D eigenvalue weighted by atomic mass is 19.1. The van der Waals surface area contributed by atoms with E-state index in [9.17, 15) is 14.0 Å². The Labute approximate surface area is 127 Å². The first-order valence-electron chi connectivity index (χ1n) is 6.70. The zero-order chi connectivity index (χ0) is 15.9. The van der Waals surface area contributed by atoms with Gasteiger partial charge < -0.3 is 16.0 Å². The van der Waals surface area contributed by atoms with Crippen molar-refractivity contribution in [1.82, 2.24) is 5.32 Å². The van der Waals surface area contributed by atoms with Gasteiger partial charge in [0.1, 0.15) is 5.82 Å². The Bertz CT molecular complexity index is 671. The predicted molar refractivity (Wildman–Crippen MR) is 83.4 cm³/mol. The van der Waals surface area contributed by atoms with E-state index in [1.807, 2.05) is 0 Å². The molecule has 0 aliphatic carbocycles. The Balaban J connectivity index is 1.96. The van der Waals surface area contributed by atoms with Crippen LogP contribution in [-0.2, 0) is 4.79 Å². The molecule has 114 valence electrons. The number of carbonyl (C=O) groups excluding carboxylic acids is 2. The monoisotopic (exact) mass is 301 g/mol. The van der Waals surface area contributed by atoms with Crippen LogP contribution in [0.2, 0.25) is 0 Å². The van der Waals surface area contributed by atoms with Crippen LogP contribution in [0.5, 0.6) is 0 Å². The van der Waals surface area contributed by atoms with Crippen molar-refractivity contribution in [3.63, 3.8) is 0 Å². The van der Waals surface area contributed by atoms with Gasteiger partial charge in [0.25, 0.3) is 5.91 Å². The van der Waals surface area contributed by atoms with E-state index in [0.29, 0.717) is 16.9 Å². The lowest BCUT2D eigenvalue weighted by atomic mass is 10.1. The number of rotatable bonds is 5. The van der Waals surface area contributed by atoms with Gasteiger partial charge in [0, 0.05) is 18.4 Å². The Morgan fingerprint density at radius 2 is 1.73 bits per heavy atom. The Kier molecular flexibility index (Phi) is 5.08. The molecule has 2 aromatic rings. The van der Waals surface area contributed by atoms with Crippen molar-refractivity contribution in [1.29, 1.82) is 0 Å². The van der Waals surface area contributed by atoms with Crippen molar-refractivity contribution in [2.45, 2.75) is 0 Å². The van der Waals surface area contributed by atoms with Crippen LogP contribution in [-0.4, -0.2) is 25.4 Å². The zero-order valence-corrected chi connectivity index (χ0v) is 12.0. The highest BCUT2D eigenvalue weighted by Gasteiger charge is 2.10. The van der Waals surface area contributed by atoms with E-state index in [0.717, 1.165) is 0 Å². The molecule has 0 aliphatic heterocycles. The van der Waals surface area contributed by atoms with Crippen LogP contribution in [0.15, 0.2) is 48.5 Å². The maximum Gasteiger partial charge on any atom is 0.253 e. The number of carbonyl (C=O) groups is 2. The van der Waals surface area contributed by atoms with Crippen molar-refractivity contribution in [3.8, 4) is 0 Å². The summed E-state index contributed by atoms with van der Waals surface area (Å²) in [5.74, 6) is -0.893. The highest BCUT2D eigenvalue weighted by molar-refractivity contribution is 6.00. The van der Waals surface area contributed by atoms with Crippen LogP contribution in [0, 0.1) is 5.82 Å². The fraction of sp³-hybridized carbons (Fsp3) is 0.125. The number of nitrogens with one attached hydrogen (secondary N) is 3. The molecule has 6 heteroatoms. The number of hydrogen-bond acceptors (Lipinski definition) is 3. The van der Waals surface area contributed by atoms with E-state index in [4.69, 9.17) is 0 Å². The first-order valence-corrected chi connectivity index (χ1v) is 6.70. The van der Waals surface area contributed by atoms with Crippen LogP contribution >= 0.6 is 0 Å². The van der Waals surface area contributed by atoms with Crippen molar-refractivity contribution >= 4 is 23.2 Å². The molecule has 0 saturated heterocycles. The quantitative estimate of drug-likeness (QED) is 0.793. The standard InChI is InChI=1S/C16H16FN3O2/c1-18-16(22)13-4-2-3-5-14(13)19-10-15(21)20-12-8-6-11(17)7-9-12/h2-9,19H,10H2,1H3,(H,18,22)(H,20,21). The van der Waals surface area contributed by atoms with E-state index in [2.05, 4.69) is 16.0 Å². The number of amides is 2. The molecule has 0 atom stereocenters. The summed E-state index contributed by atoms with van der Waals surface area (Å²) in [6, 6.07) is 12.4. The van der Waals surface area contributed by atoms with Crippen molar-refractivity contribution < 1.29 is 14.0 Å². The predicted octanol–water partition coefficient (Wildman–Crippen LogP) is 2.24. The molecule has 0 radical (unpaired) electrons. The van der Waals surface area contributed by atoms with E-state index >= 15 is 0 Å². The molecule has 0 aliphatic rings. The average Bonchev–Trinajstić information content (AvgIpc) is 2.54. The van der Waals surface area contributed by atoms with Crippen molar-refractivity contribution in [2.24, 2.45) is 0 Å². The van der Waals surface area contributed by atoms with E-state index in [-0.39, 0.29) is 24.2 Å². The molecule has 0 fully saturated rings. The molecule has 0 spiro atoms. The molecule has 2 aromatic carbocycles. The maximum absolute atomic E-state index is 12.8. The van der Waals surface area contributed by atoms with E-state index < -0.39 is 0 Å². The fourth-order valence-electron chi connectivity index (χ4n) is 1.88. The van der Waals surface area contributed by atoms with Gasteiger partial charge in [-0.2, -0.15) is 0 Å². The first-order chi connectivity index (χ1) is 10.6. The molecule has 0 bridgehead atoms. The van der Waals surface area contributed by atoms with Crippen molar-refractivity contribution in [3.05, 3.63) is 59.9 Å². The molecule has 2 amide bonds. The van der Waals surface area contributed by atoms with Gasteiger partial charge in [-0.1, -0.05) is 12.1 Å². The van der Waals surface area contributed by atoms with Gasteiger partial charge in [0.15, 0.2) is 0 Å². The highest BCUT2D eigenvalue weighted by Crippen LogP contribution is 2.14. The molecular formula is C16H16FN3O2. The fourth-order valence-corrected chi connectivity index (χ4v) is 1.88. The molecule has 3 N–H and O–H groups in total. The van der Waals surface area contributed by atoms with Gasteiger partial charge in [-0.15, -0.1) is 0 Å². The smallest absolute Gasteiger partial charge is 0.253 e. The minimum Gasteiger partial charge on any atom is -0.376 e. The SMILES string of the molecule is CNC(=O)c1ccccc1NCC(=O)Nc1ccc(F)cc1. The van der Waals surface area contributed by atoms with E-state index in [1.54, 1.807) is 31.3 Å². The molecule has 0 heterocycles. The summed E-state index contributed by atoms with van der Waals surface area (Å²) in [5.41, 5.74) is 1.53. The number of anilines is 2. The van der Waals surface area contributed by atoms with Crippen molar-refractivity contribution in [2.75, 3.05) is 24.2 Å². The Hall–Kier alpha value is -2.89. The van der Waals surface area contributed by atoms with Crippen LogP contribution in [0.4, 0.5) is 15.8 Å². The molecule has 22 heavy (non-hydrogen) atoms. The Morgan fingerprint density at radius 3 is 2.41 bits per heavy atom. The van der Waals surface area contributed by atoms with Gasteiger partial charge in [-0.3, -0.25) is 9.59 Å². The minimum atomic E-state index is -0.365. The third-order valence-electron chi connectivity index (χ3n) is 2.97. The summed E-state index contributed by atoms with van der Waals surface area (Å²) in [6.45, 7) is -0.00855. The van der Waals surface area contributed by atoms with Crippen LogP contribution in [0.25, 0.3) is 0 Å². The van der Waals surface area contributed by atoms with Gasteiger partial charge in [-0.25, -0.2) is 4.39 Å². The van der Waals surface area contributed by atoms with Gasteiger partial charge in [-0.05, 0) is 36.4 Å². The van der Waals surface area contributed by atoms with Gasteiger partial charge >= 0.3 is 0 Å². The third kappa shape index (κ3) is 4.05. The third-order valence-corrected chi connectivity index (χ3v) is 2.97. The molecule has 0 saturated carbocycles. The lowest BCUT2D eigenvalue weighted by molar-refractivity contribution is -0.114. The van der Waals surface area contributed by atoms with Crippen LogP contribution in [0.1, 0.15) is 10.4 Å². The average molecular weight is 301 g/mol. The maximum atomic E-state index is 12.8. The van der Waals surface area contributed by atoms with E-state index in [1.165, 1.54) is 24.3 Å². The van der Waals surface area contributed by atoms with Gasteiger partial charge in [0.2, 0.25) is 5.91 Å².